The molecule has 3 heterocycles. The molecule has 9 aromatic carbocycles. The molecule has 5 aliphatic rings. The first-order valence-electron chi connectivity index (χ1n) is 24.5. The second-order valence-electron chi connectivity index (χ2n) is 20.1. The van der Waals surface area contributed by atoms with Gasteiger partial charge >= 0.3 is 0 Å². The molecule has 0 N–H and O–H groups in total. The molecule has 67 heavy (non-hydrogen) atoms. The predicted molar refractivity (Wildman–Crippen MR) is 278 cm³/mol. The van der Waals surface area contributed by atoms with Gasteiger partial charge in [0.05, 0.1) is 33.4 Å². The van der Waals surface area contributed by atoms with Gasteiger partial charge in [-0.15, -0.1) is 0 Å². The molecule has 2 aromatic heterocycles. The summed E-state index contributed by atoms with van der Waals surface area (Å²) in [6.07, 6.45) is 6.88. The summed E-state index contributed by atoms with van der Waals surface area (Å²) in [4.78, 5) is 2.55. The summed E-state index contributed by atoms with van der Waals surface area (Å²) in [7, 11) is 0. The van der Waals surface area contributed by atoms with E-state index in [-0.39, 0.29) is 5.41 Å². The normalized spacial score (nSPS) is 21.2. The molecule has 320 valence electrons. The average molecular weight is 860 g/mol. The van der Waals surface area contributed by atoms with Crippen LogP contribution >= 0.6 is 0 Å². The predicted octanol–water partition coefficient (Wildman–Crippen LogP) is 16.7. The first kappa shape index (κ1) is 37.6. The molecule has 4 saturated carbocycles. The number of nitrogens with zero attached hydrogens (tertiary/aromatic N) is 3. The second kappa shape index (κ2) is 14.2. The quantitative estimate of drug-likeness (QED) is 0.162. The number of rotatable bonds is 6. The minimum Gasteiger partial charge on any atom is -0.310 e. The molecule has 3 nitrogen and oxygen atoms in total. The molecule has 4 fully saturated rings. The van der Waals surface area contributed by atoms with Crippen LogP contribution in [0.5, 0.6) is 0 Å². The monoisotopic (exact) mass is 859 g/mol. The number of fused-ring (bicyclic) bond motifs is 8. The van der Waals surface area contributed by atoms with Crippen molar-refractivity contribution in [1.29, 1.82) is 0 Å². The van der Waals surface area contributed by atoms with E-state index in [0.29, 0.717) is 11.8 Å². The van der Waals surface area contributed by atoms with Crippen molar-refractivity contribution in [2.45, 2.75) is 37.5 Å². The van der Waals surface area contributed by atoms with Gasteiger partial charge < -0.3 is 14.0 Å². The van der Waals surface area contributed by atoms with E-state index in [4.69, 9.17) is 0 Å². The van der Waals surface area contributed by atoms with Crippen LogP contribution in [0.25, 0.3) is 77.2 Å². The van der Waals surface area contributed by atoms with Crippen LogP contribution in [0.15, 0.2) is 212 Å². The topological polar surface area (TPSA) is 13.1 Å². The summed E-state index contributed by atoms with van der Waals surface area (Å²) < 4.78 is 5.07. The van der Waals surface area contributed by atoms with Crippen LogP contribution in [0.1, 0.15) is 43.2 Å². The van der Waals surface area contributed by atoms with E-state index in [1.165, 1.54) is 109 Å². The van der Waals surface area contributed by atoms with Gasteiger partial charge in [0.2, 0.25) is 0 Å². The maximum Gasteiger partial charge on any atom is 0.0603 e. The highest BCUT2D eigenvalue weighted by molar-refractivity contribution is 6.18. The van der Waals surface area contributed by atoms with Crippen LogP contribution in [0.4, 0.5) is 17.1 Å². The highest BCUT2D eigenvalue weighted by Gasteiger charge is 2.61. The summed E-state index contributed by atoms with van der Waals surface area (Å²) >= 11 is 0. The molecular formula is C64H49N3. The van der Waals surface area contributed by atoms with E-state index in [2.05, 4.69) is 226 Å². The van der Waals surface area contributed by atoms with Crippen molar-refractivity contribution < 1.29 is 0 Å². The Bertz CT molecular complexity index is 3690. The van der Waals surface area contributed by atoms with Gasteiger partial charge in [-0.25, -0.2) is 0 Å². The third-order valence-electron chi connectivity index (χ3n) is 16.9. The third-order valence-corrected chi connectivity index (χ3v) is 16.9. The second-order valence-corrected chi connectivity index (χ2v) is 20.1. The van der Waals surface area contributed by atoms with E-state index < -0.39 is 0 Å². The van der Waals surface area contributed by atoms with Gasteiger partial charge in [-0.1, -0.05) is 146 Å². The Morgan fingerprint density at radius 2 is 0.955 bits per heavy atom. The molecule has 0 amide bonds. The first-order valence-corrected chi connectivity index (χ1v) is 24.5. The lowest BCUT2D eigenvalue weighted by Gasteiger charge is -2.63. The summed E-state index contributed by atoms with van der Waals surface area (Å²) in [5.41, 5.74) is 19.2. The lowest BCUT2D eigenvalue weighted by Crippen LogP contribution is -2.57. The highest BCUT2D eigenvalue weighted by Crippen LogP contribution is 2.68. The molecule has 0 radical (unpaired) electrons. The fourth-order valence-electron chi connectivity index (χ4n) is 14.5. The maximum atomic E-state index is 2.65. The number of aromatic nitrogens is 2. The van der Waals surface area contributed by atoms with Gasteiger partial charge in [-0.2, -0.15) is 0 Å². The average Bonchev–Trinajstić information content (AvgIpc) is 3.91. The summed E-state index contributed by atoms with van der Waals surface area (Å²) in [5.74, 6) is 3.11. The van der Waals surface area contributed by atoms with Crippen molar-refractivity contribution >= 4 is 60.7 Å². The van der Waals surface area contributed by atoms with Crippen LogP contribution in [0.2, 0.25) is 0 Å². The number of para-hydroxylation sites is 4. The van der Waals surface area contributed by atoms with Crippen molar-refractivity contribution in [2.75, 3.05) is 4.90 Å². The Morgan fingerprint density at radius 3 is 1.67 bits per heavy atom. The van der Waals surface area contributed by atoms with Crippen molar-refractivity contribution in [1.82, 2.24) is 9.13 Å². The number of benzene rings is 9. The van der Waals surface area contributed by atoms with Crippen molar-refractivity contribution in [3.63, 3.8) is 0 Å². The largest absolute Gasteiger partial charge is 0.310 e. The number of hydrogen-bond donors (Lipinski definition) is 0. The smallest absolute Gasteiger partial charge is 0.0603 e. The molecule has 16 rings (SSSR count). The highest BCUT2D eigenvalue weighted by atomic mass is 15.1. The summed E-state index contributed by atoms with van der Waals surface area (Å²) in [6, 6.07) is 79.8. The first-order chi connectivity index (χ1) is 33.2. The molecule has 0 atom stereocenters. The van der Waals surface area contributed by atoms with Crippen LogP contribution in [0, 0.1) is 23.7 Å². The third kappa shape index (κ3) is 5.29. The van der Waals surface area contributed by atoms with Crippen molar-refractivity contribution in [3.8, 4) is 33.6 Å². The van der Waals surface area contributed by atoms with Crippen molar-refractivity contribution in [3.05, 3.63) is 223 Å². The minimum atomic E-state index is 0.0264. The number of anilines is 3. The Kier molecular flexibility index (Phi) is 7.96. The Morgan fingerprint density at radius 1 is 0.388 bits per heavy atom. The zero-order valence-electron chi connectivity index (χ0n) is 37.4. The van der Waals surface area contributed by atoms with Crippen LogP contribution < -0.4 is 4.90 Å². The molecule has 0 saturated heterocycles. The minimum absolute atomic E-state index is 0.0264. The fourth-order valence-corrected chi connectivity index (χ4v) is 14.5. The van der Waals surface area contributed by atoms with Crippen LogP contribution in [-0.2, 0) is 5.41 Å². The van der Waals surface area contributed by atoms with E-state index in [1.54, 1.807) is 11.1 Å². The molecule has 1 aliphatic heterocycles. The molecule has 1 spiro atoms. The standard InChI is InChI=1S/C64H49N3/c1-2-14-43(15-3-1)45-16-12-18-50(39-45)65(49-30-28-44(29-31-49)46-17-13-19-51(40-46)66-57-24-8-4-20-52(57)53-21-5-9-25-58(53)66)61-33-32-56-63-62(61)54-22-6-10-26-59(54)67(63)60-27-11-7-23-55(60)64(56)47-35-41-34-42(37-47)38-48(64)36-41/h1-33,39-42,47-48H,34-38H2. The van der Waals surface area contributed by atoms with Gasteiger partial charge in [-0.05, 0) is 156 Å². The van der Waals surface area contributed by atoms with Crippen LogP contribution in [0.3, 0.4) is 0 Å². The van der Waals surface area contributed by atoms with Gasteiger partial charge in [0.15, 0.2) is 0 Å². The SMILES string of the molecule is c1ccc(-c2cccc(N(c3ccc(-c4cccc(-n5c6ccccc6c6ccccc65)c4)cc3)c3ccc4c5c3c3ccccc3n5-c3ccccc3C43C4CC5CC(C4)CC3C5)c2)cc1. The lowest BCUT2D eigenvalue weighted by molar-refractivity contribution is -0.0418. The molecular weight excluding hydrogens is 811 g/mol. The molecule has 4 bridgehead atoms. The van der Waals surface area contributed by atoms with E-state index in [0.717, 1.165) is 28.9 Å². The summed E-state index contributed by atoms with van der Waals surface area (Å²) in [6.45, 7) is 0. The maximum absolute atomic E-state index is 2.65. The zero-order valence-corrected chi connectivity index (χ0v) is 37.4. The van der Waals surface area contributed by atoms with E-state index >= 15 is 0 Å². The molecule has 11 aromatic rings. The Balaban J connectivity index is 0.937. The van der Waals surface area contributed by atoms with Crippen LogP contribution in [-0.4, -0.2) is 9.13 Å². The van der Waals surface area contributed by atoms with Crippen molar-refractivity contribution in [2.24, 2.45) is 23.7 Å². The molecule has 0 unspecified atom stereocenters. The van der Waals surface area contributed by atoms with E-state index in [1.807, 2.05) is 0 Å². The Labute approximate surface area is 391 Å². The molecule has 4 aliphatic carbocycles. The zero-order chi connectivity index (χ0) is 43.8. The van der Waals surface area contributed by atoms with Gasteiger partial charge in [0.1, 0.15) is 0 Å². The number of hydrogen-bond acceptors (Lipinski definition) is 1. The van der Waals surface area contributed by atoms with Gasteiger partial charge in [0.25, 0.3) is 0 Å². The van der Waals surface area contributed by atoms with Gasteiger partial charge in [0, 0.05) is 44.0 Å². The van der Waals surface area contributed by atoms with E-state index in [9.17, 15) is 0 Å². The molecule has 3 heteroatoms. The lowest BCUT2D eigenvalue weighted by atomic mass is 9.41. The fraction of sp³-hybridized carbons (Fsp3) is 0.156. The Hall–Kier alpha value is -7.62. The van der Waals surface area contributed by atoms with Gasteiger partial charge in [-0.3, -0.25) is 0 Å². The summed E-state index contributed by atoms with van der Waals surface area (Å²) in [5, 5.41) is 5.22.